The number of guanidine groups is 1. The van der Waals surface area contributed by atoms with E-state index in [0.29, 0.717) is 32.2 Å². The highest BCUT2D eigenvalue weighted by molar-refractivity contribution is 5.80. The SMILES string of the molecule is CCNC(=NCCOC1CCCCCC1)NCCC(=O)OC. The van der Waals surface area contributed by atoms with Gasteiger partial charge in [0, 0.05) is 13.1 Å². The highest BCUT2D eigenvalue weighted by Crippen LogP contribution is 2.19. The van der Waals surface area contributed by atoms with Crippen LogP contribution in [0.5, 0.6) is 0 Å². The molecule has 0 aromatic rings. The lowest BCUT2D eigenvalue weighted by atomic mass is 10.1. The van der Waals surface area contributed by atoms with Crippen LogP contribution in [0.4, 0.5) is 0 Å². The first kappa shape index (κ1) is 18.7. The number of carbonyl (C=O) groups excluding carboxylic acids is 1. The number of carbonyl (C=O) groups is 1. The van der Waals surface area contributed by atoms with Gasteiger partial charge in [-0.25, -0.2) is 0 Å². The summed E-state index contributed by atoms with van der Waals surface area (Å²) < 4.78 is 10.5. The lowest BCUT2D eigenvalue weighted by molar-refractivity contribution is -0.140. The molecule has 128 valence electrons. The fourth-order valence-corrected chi connectivity index (χ4v) is 2.51. The zero-order valence-corrected chi connectivity index (χ0v) is 14.0. The van der Waals surface area contributed by atoms with Gasteiger partial charge in [-0.3, -0.25) is 9.79 Å². The van der Waals surface area contributed by atoms with Gasteiger partial charge in [-0.15, -0.1) is 0 Å². The Morgan fingerprint density at radius 1 is 1.18 bits per heavy atom. The number of methoxy groups -OCH3 is 1. The molecule has 0 atom stereocenters. The molecule has 1 fully saturated rings. The molecule has 0 saturated heterocycles. The van der Waals surface area contributed by atoms with Crippen LogP contribution >= 0.6 is 0 Å². The molecule has 2 N–H and O–H groups in total. The van der Waals surface area contributed by atoms with Crippen molar-refractivity contribution in [1.82, 2.24) is 10.6 Å². The van der Waals surface area contributed by atoms with Gasteiger partial charge in [0.1, 0.15) is 0 Å². The van der Waals surface area contributed by atoms with Gasteiger partial charge in [0.2, 0.25) is 0 Å². The second-order valence-electron chi connectivity index (χ2n) is 5.50. The maximum absolute atomic E-state index is 11.1. The first-order valence-corrected chi connectivity index (χ1v) is 8.46. The molecule has 6 heteroatoms. The third kappa shape index (κ3) is 8.87. The molecule has 0 bridgehead atoms. The van der Waals surface area contributed by atoms with E-state index >= 15 is 0 Å². The number of rotatable bonds is 8. The predicted molar refractivity (Wildman–Crippen MR) is 88.1 cm³/mol. The van der Waals surface area contributed by atoms with Gasteiger partial charge in [0.25, 0.3) is 0 Å². The Bertz CT molecular complexity index is 327. The second kappa shape index (κ2) is 12.3. The maximum atomic E-state index is 11.1. The molecule has 0 unspecified atom stereocenters. The van der Waals surface area contributed by atoms with E-state index in [-0.39, 0.29) is 5.97 Å². The lowest BCUT2D eigenvalue weighted by Crippen LogP contribution is -2.38. The number of nitrogens with zero attached hydrogens (tertiary/aromatic N) is 1. The van der Waals surface area contributed by atoms with E-state index in [0.717, 1.165) is 12.5 Å². The van der Waals surface area contributed by atoms with E-state index in [2.05, 4.69) is 20.4 Å². The predicted octanol–water partition coefficient (Wildman–Crippen LogP) is 1.84. The average molecular weight is 313 g/mol. The standard InChI is InChI=1S/C16H31N3O3/c1-3-17-16(18-11-10-15(20)21-2)19-12-13-22-14-8-6-4-5-7-9-14/h14H,3-13H2,1-2H3,(H2,17,18,19). The Morgan fingerprint density at radius 3 is 2.55 bits per heavy atom. The zero-order valence-electron chi connectivity index (χ0n) is 14.0. The third-order valence-corrected chi connectivity index (χ3v) is 3.71. The smallest absolute Gasteiger partial charge is 0.307 e. The van der Waals surface area contributed by atoms with Crippen molar-refractivity contribution in [3.63, 3.8) is 0 Å². The molecule has 0 aromatic heterocycles. The van der Waals surface area contributed by atoms with Gasteiger partial charge in [-0.05, 0) is 19.8 Å². The zero-order chi connectivity index (χ0) is 16.0. The molecule has 6 nitrogen and oxygen atoms in total. The molecule has 0 amide bonds. The van der Waals surface area contributed by atoms with Crippen LogP contribution in [-0.2, 0) is 14.3 Å². The Kier molecular flexibility index (Phi) is 10.5. The van der Waals surface area contributed by atoms with Gasteiger partial charge in [0.05, 0.1) is 32.8 Å². The van der Waals surface area contributed by atoms with Crippen LogP contribution in [-0.4, -0.2) is 51.4 Å². The van der Waals surface area contributed by atoms with Gasteiger partial charge in [-0.2, -0.15) is 0 Å². The summed E-state index contributed by atoms with van der Waals surface area (Å²) in [5, 5.41) is 6.27. The Labute approximate surface area is 134 Å². The summed E-state index contributed by atoms with van der Waals surface area (Å²) in [5.41, 5.74) is 0. The summed E-state index contributed by atoms with van der Waals surface area (Å²) in [4.78, 5) is 15.5. The summed E-state index contributed by atoms with van der Waals surface area (Å²) >= 11 is 0. The number of nitrogens with one attached hydrogen (secondary N) is 2. The average Bonchev–Trinajstić information content (AvgIpc) is 2.80. The van der Waals surface area contributed by atoms with Crippen molar-refractivity contribution in [2.45, 2.75) is 58.0 Å². The number of aliphatic imine (C=N–C) groups is 1. The van der Waals surface area contributed by atoms with Crippen LogP contribution in [0.25, 0.3) is 0 Å². The third-order valence-electron chi connectivity index (χ3n) is 3.71. The van der Waals surface area contributed by atoms with Crippen molar-refractivity contribution < 1.29 is 14.3 Å². The van der Waals surface area contributed by atoms with Crippen LogP contribution in [0.2, 0.25) is 0 Å². The molecule has 0 aliphatic heterocycles. The number of esters is 1. The van der Waals surface area contributed by atoms with Crippen LogP contribution in [0.15, 0.2) is 4.99 Å². The molecule has 1 aliphatic rings. The molecule has 1 rings (SSSR count). The van der Waals surface area contributed by atoms with Crippen LogP contribution in [0.3, 0.4) is 0 Å². The summed E-state index contributed by atoms with van der Waals surface area (Å²) in [7, 11) is 1.40. The summed E-state index contributed by atoms with van der Waals surface area (Å²) in [6.45, 7) is 4.59. The molecule has 0 aromatic carbocycles. The quantitative estimate of drug-likeness (QED) is 0.235. The van der Waals surface area contributed by atoms with E-state index in [9.17, 15) is 4.79 Å². The van der Waals surface area contributed by atoms with Crippen molar-refractivity contribution >= 4 is 11.9 Å². The minimum atomic E-state index is -0.222. The second-order valence-corrected chi connectivity index (χ2v) is 5.50. The van der Waals surface area contributed by atoms with Crippen LogP contribution in [0, 0.1) is 0 Å². The molecule has 0 heterocycles. The van der Waals surface area contributed by atoms with E-state index in [1.807, 2.05) is 6.92 Å². The van der Waals surface area contributed by atoms with E-state index in [4.69, 9.17) is 4.74 Å². The monoisotopic (exact) mass is 313 g/mol. The minimum absolute atomic E-state index is 0.222. The van der Waals surface area contributed by atoms with Crippen LogP contribution in [0.1, 0.15) is 51.9 Å². The first-order valence-electron chi connectivity index (χ1n) is 8.46. The molecular formula is C16H31N3O3. The fraction of sp³-hybridized carbons (Fsp3) is 0.875. The Hall–Kier alpha value is -1.30. The van der Waals surface area contributed by atoms with Gasteiger partial charge in [-0.1, -0.05) is 25.7 Å². The number of hydrogen-bond acceptors (Lipinski definition) is 4. The molecule has 22 heavy (non-hydrogen) atoms. The van der Waals surface area contributed by atoms with Crippen molar-refractivity contribution in [2.75, 3.05) is 33.4 Å². The largest absolute Gasteiger partial charge is 0.469 e. The molecule has 1 saturated carbocycles. The van der Waals surface area contributed by atoms with Crippen molar-refractivity contribution in [2.24, 2.45) is 4.99 Å². The normalized spacial score (nSPS) is 16.9. The van der Waals surface area contributed by atoms with E-state index in [1.54, 1.807) is 0 Å². The maximum Gasteiger partial charge on any atom is 0.307 e. The molecule has 0 radical (unpaired) electrons. The molecular weight excluding hydrogens is 282 g/mol. The summed E-state index contributed by atoms with van der Waals surface area (Å²) in [6, 6.07) is 0. The minimum Gasteiger partial charge on any atom is -0.469 e. The van der Waals surface area contributed by atoms with E-state index in [1.165, 1.54) is 45.6 Å². The number of hydrogen-bond donors (Lipinski definition) is 2. The highest BCUT2D eigenvalue weighted by Gasteiger charge is 2.11. The van der Waals surface area contributed by atoms with Crippen molar-refractivity contribution in [3.05, 3.63) is 0 Å². The first-order chi connectivity index (χ1) is 10.8. The topological polar surface area (TPSA) is 72.0 Å². The lowest BCUT2D eigenvalue weighted by Gasteiger charge is -2.15. The molecule has 0 spiro atoms. The van der Waals surface area contributed by atoms with Gasteiger partial charge < -0.3 is 20.1 Å². The van der Waals surface area contributed by atoms with Crippen molar-refractivity contribution in [1.29, 1.82) is 0 Å². The summed E-state index contributed by atoms with van der Waals surface area (Å²) in [5.74, 6) is 0.496. The van der Waals surface area contributed by atoms with Crippen molar-refractivity contribution in [3.8, 4) is 0 Å². The highest BCUT2D eigenvalue weighted by atomic mass is 16.5. The Balaban J connectivity index is 2.21. The van der Waals surface area contributed by atoms with Gasteiger partial charge in [0.15, 0.2) is 5.96 Å². The van der Waals surface area contributed by atoms with Crippen LogP contribution < -0.4 is 10.6 Å². The summed E-state index contributed by atoms with van der Waals surface area (Å²) in [6.07, 6.45) is 8.35. The van der Waals surface area contributed by atoms with E-state index < -0.39 is 0 Å². The molecule has 1 aliphatic carbocycles. The Morgan fingerprint density at radius 2 is 1.91 bits per heavy atom. The fourth-order valence-electron chi connectivity index (χ4n) is 2.51. The van der Waals surface area contributed by atoms with Gasteiger partial charge >= 0.3 is 5.97 Å². The number of ether oxygens (including phenoxy) is 2.